The maximum absolute atomic E-state index is 12.3. The molecule has 0 aliphatic heterocycles. The number of hydrogen-bond acceptors (Lipinski definition) is 6. The van der Waals surface area contributed by atoms with Crippen molar-refractivity contribution in [2.45, 2.75) is 32.1 Å². The molecule has 0 fully saturated rings. The van der Waals surface area contributed by atoms with Crippen LogP contribution in [0.2, 0.25) is 0 Å². The van der Waals surface area contributed by atoms with E-state index in [1.807, 2.05) is 42.5 Å². The molecular weight excluding hydrogens is 612 g/mol. The van der Waals surface area contributed by atoms with Crippen LogP contribution in [0.25, 0.3) is 0 Å². The monoisotopic (exact) mass is 664 g/mol. The van der Waals surface area contributed by atoms with Crippen molar-refractivity contribution in [2.24, 2.45) is 5.92 Å². The van der Waals surface area contributed by atoms with Crippen LogP contribution < -0.4 is 21.3 Å². The van der Waals surface area contributed by atoms with Gasteiger partial charge in [0.1, 0.15) is 0 Å². The van der Waals surface area contributed by atoms with Gasteiger partial charge in [0.15, 0.2) is 0 Å². The summed E-state index contributed by atoms with van der Waals surface area (Å²) in [4.78, 5) is 51.7. The number of amides is 6. The number of carbonyl (C=O) groups excluding carboxylic acids is 4. The van der Waals surface area contributed by atoms with Crippen molar-refractivity contribution < 1.29 is 28.7 Å². The molecule has 4 N–H and O–H groups in total. The molecule has 1 aliphatic carbocycles. The first-order chi connectivity index (χ1) is 23.3. The molecule has 48 heavy (non-hydrogen) atoms. The van der Waals surface area contributed by atoms with E-state index < -0.39 is 12.2 Å². The van der Waals surface area contributed by atoms with Gasteiger partial charge in [0, 0.05) is 53.4 Å². The van der Waals surface area contributed by atoms with E-state index >= 15 is 0 Å². The number of nitrogens with zero attached hydrogens (tertiary/aromatic N) is 2. The van der Waals surface area contributed by atoms with Crippen LogP contribution in [0.5, 0.6) is 0 Å². The number of alkyl carbamates (subject to hydrolysis) is 2. The first kappa shape index (κ1) is 39.2. The Bertz CT molecular complexity index is 1260. The predicted molar refractivity (Wildman–Crippen MR) is 189 cm³/mol. The lowest BCUT2D eigenvalue weighted by atomic mass is 9.97. The standard InChI is InChI=1S/C36H52N6O6/c1-4-14-32(29-40-36(46)48-28-13-26-42(3)34(44)38-24-21-31-17-9-6-10-18-31)19-11-22-39-35(45)47-27-12-25-41(2)33(43)37-23-20-30-15-7-5-8-16-30/h4-11,14-17,19,31H,1,12-13,18,20-29H2,2-3H3,(H,37,43)(H,38,44)(H,39,45)(H,40,46)/b19-11+,32-14+. The molecule has 0 bridgehead atoms. The number of ether oxygens (including phenoxy) is 2. The lowest BCUT2D eigenvalue weighted by molar-refractivity contribution is 0.141. The topological polar surface area (TPSA) is 141 Å². The van der Waals surface area contributed by atoms with Crippen LogP contribution >= 0.6 is 0 Å². The van der Waals surface area contributed by atoms with Crippen molar-refractivity contribution in [3.63, 3.8) is 0 Å². The Balaban J connectivity index is 1.50. The predicted octanol–water partition coefficient (Wildman–Crippen LogP) is 4.94. The van der Waals surface area contributed by atoms with Crippen LogP contribution in [0.3, 0.4) is 0 Å². The van der Waals surface area contributed by atoms with Crippen LogP contribution in [0.1, 0.15) is 31.2 Å². The van der Waals surface area contributed by atoms with Gasteiger partial charge in [-0.1, -0.05) is 85.5 Å². The van der Waals surface area contributed by atoms with Crippen LogP contribution in [0.4, 0.5) is 19.2 Å². The number of rotatable bonds is 20. The van der Waals surface area contributed by atoms with Crippen molar-refractivity contribution in [1.29, 1.82) is 0 Å². The van der Waals surface area contributed by atoms with Gasteiger partial charge in [0.05, 0.1) is 13.2 Å². The highest BCUT2D eigenvalue weighted by atomic mass is 16.6. The smallest absolute Gasteiger partial charge is 0.407 e. The molecule has 1 aliphatic rings. The summed E-state index contributed by atoms with van der Waals surface area (Å²) in [5.74, 6) is 0.457. The molecular formula is C36H52N6O6. The van der Waals surface area contributed by atoms with E-state index in [1.165, 1.54) is 0 Å². The summed E-state index contributed by atoms with van der Waals surface area (Å²) in [6, 6.07) is 9.61. The van der Waals surface area contributed by atoms with E-state index in [1.54, 1.807) is 48.2 Å². The quantitative estimate of drug-likeness (QED) is 0.115. The van der Waals surface area contributed by atoms with Crippen LogP contribution in [-0.2, 0) is 15.9 Å². The van der Waals surface area contributed by atoms with Gasteiger partial charge in [-0.2, -0.15) is 0 Å². The number of benzene rings is 1. The molecule has 12 nitrogen and oxygen atoms in total. The second kappa shape index (κ2) is 24.2. The van der Waals surface area contributed by atoms with Gasteiger partial charge in [-0.3, -0.25) is 0 Å². The first-order valence-corrected chi connectivity index (χ1v) is 16.4. The largest absolute Gasteiger partial charge is 0.449 e. The van der Waals surface area contributed by atoms with Crippen molar-refractivity contribution in [3.8, 4) is 0 Å². The molecule has 1 aromatic rings. The Kier molecular flexibility index (Phi) is 19.8. The number of urea groups is 2. The van der Waals surface area contributed by atoms with Crippen molar-refractivity contribution in [3.05, 3.63) is 96.7 Å². The molecule has 0 radical (unpaired) electrons. The van der Waals surface area contributed by atoms with Crippen LogP contribution in [-0.4, -0.2) is 101 Å². The Labute approximate surface area is 285 Å². The van der Waals surface area contributed by atoms with Gasteiger partial charge < -0.3 is 40.5 Å². The fourth-order valence-corrected chi connectivity index (χ4v) is 4.53. The second-order valence-corrected chi connectivity index (χ2v) is 11.2. The molecule has 2 rings (SSSR count). The van der Waals surface area contributed by atoms with Gasteiger partial charge in [0.2, 0.25) is 0 Å². The molecule has 0 saturated carbocycles. The number of hydrogen-bond donors (Lipinski definition) is 4. The number of nitrogens with one attached hydrogen (secondary N) is 4. The highest BCUT2D eigenvalue weighted by Gasteiger charge is 2.11. The average molecular weight is 665 g/mol. The molecule has 0 spiro atoms. The lowest BCUT2D eigenvalue weighted by Gasteiger charge is -2.19. The molecule has 1 unspecified atom stereocenters. The van der Waals surface area contributed by atoms with E-state index in [2.05, 4.69) is 40.0 Å². The zero-order valence-electron chi connectivity index (χ0n) is 28.3. The molecule has 262 valence electrons. The molecule has 1 atom stereocenters. The molecule has 6 amide bonds. The summed E-state index contributed by atoms with van der Waals surface area (Å²) in [5, 5.41) is 11.1. The minimum Gasteiger partial charge on any atom is -0.449 e. The van der Waals surface area contributed by atoms with Gasteiger partial charge in [-0.15, -0.1) is 0 Å². The van der Waals surface area contributed by atoms with Gasteiger partial charge in [0.25, 0.3) is 0 Å². The van der Waals surface area contributed by atoms with E-state index in [0.29, 0.717) is 44.9 Å². The van der Waals surface area contributed by atoms with E-state index in [0.717, 1.165) is 30.4 Å². The first-order valence-electron chi connectivity index (χ1n) is 16.4. The van der Waals surface area contributed by atoms with Crippen LogP contribution in [0.15, 0.2) is 91.1 Å². The Hall–Kier alpha value is -5.00. The van der Waals surface area contributed by atoms with E-state index in [4.69, 9.17) is 9.47 Å². The summed E-state index contributed by atoms with van der Waals surface area (Å²) in [6.45, 7) is 6.51. The normalized spacial score (nSPS) is 13.8. The second-order valence-electron chi connectivity index (χ2n) is 11.2. The third-order valence-electron chi connectivity index (χ3n) is 7.29. The Morgan fingerprint density at radius 1 is 0.875 bits per heavy atom. The highest BCUT2D eigenvalue weighted by Crippen LogP contribution is 2.14. The number of carbonyl (C=O) groups is 4. The minimum absolute atomic E-state index is 0.150. The van der Waals surface area contributed by atoms with E-state index in [9.17, 15) is 19.2 Å². The zero-order valence-corrected chi connectivity index (χ0v) is 28.3. The molecule has 0 saturated heterocycles. The molecule has 12 heteroatoms. The molecule has 0 heterocycles. The lowest BCUT2D eigenvalue weighted by Crippen LogP contribution is -2.39. The average Bonchev–Trinajstić information content (AvgIpc) is 3.09. The maximum atomic E-state index is 12.3. The Morgan fingerprint density at radius 3 is 2.15 bits per heavy atom. The van der Waals surface area contributed by atoms with Gasteiger partial charge >= 0.3 is 24.2 Å². The maximum Gasteiger partial charge on any atom is 0.407 e. The molecule has 0 aromatic heterocycles. The van der Waals surface area contributed by atoms with Crippen molar-refractivity contribution in [1.82, 2.24) is 31.1 Å². The fourth-order valence-electron chi connectivity index (χ4n) is 4.53. The Morgan fingerprint density at radius 2 is 1.52 bits per heavy atom. The minimum atomic E-state index is -0.572. The van der Waals surface area contributed by atoms with Gasteiger partial charge in [-0.05, 0) is 49.2 Å². The SMILES string of the molecule is C=C/C=C(\C=C\CNC(=O)OCCCN(C)C(=O)NCCc1ccccc1)CNC(=O)OCCCN(C)C(=O)NCCC1C=CC=CC1. The zero-order chi connectivity index (χ0) is 34.8. The van der Waals surface area contributed by atoms with Crippen molar-refractivity contribution in [2.75, 3.05) is 66.6 Å². The summed E-state index contributed by atoms with van der Waals surface area (Å²) in [5.41, 5.74) is 1.91. The summed E-state index contributed by atoms with van der Waals surface area (Å²) >= 11 is 0. The van der Waals surface area contributed by atoms with Gasteiger partial charge in [-0.25, -0.2) is 19.2 Å². The van der Waals surface area contributed by atoms with E-state index in [-0.39, 0.29) is 38.4 Å². The van der Waals surface area contributed by atoms with Crippen LogP contribution in [0, 0.1) is 5.92 Å². The van der Waals surface area contributed by atoms with Crippen molar-refractivity contribution >= 4 is 24.2 Å². The third-order valence-corrected chi connectivity index (χ3v) is 7.29. The fraction of sp³-hybridized carbons (Fsp3) is 0.444. The molecule has 1 aromatic carbocycles. The summed E-state index contributed by atoms with van der Waals surface area (Å²) in [7, 11) is 3.41. The summed E-state index contributed by atoms with van der Waals surface area (Å²) < 4.78 is 10.4. The third kappa shape index (κ3) is 18.2. The highest BCUT2D eigenvalue weighted by molar-refractivity contribution is 5.74. The number of allylic oxidation sites excluding steroid dienone is 6. The summed E-state index contributed by atoms with van der Waals surface area (Å²) in [6.07, 6.45) is 17.7.